The fourth-order valence-electron chi connectivity index (χ4n) is 4.68. The zero-order chi connectivity index (χ0) is 24.1. The van der Waals surface area contributed by atoms with Gasteiger partial charge in [-0.15, -0.1) is 10.2 Å². The van der Waals surface area contributed by atoms with Gasteiger partial charge in [0, 0.05) is 35.5 Å². The van der Waals surface area contributed by atoms with E-state index in [1.807, 2.05) is 52.7 Å². The van der Waals surface area contributed by atoms with Crippen molar-refractivity contribution in [2.75, 3.05) is 13.7 Å². The Morgan fingerprint density at radius 1 is 1.11 bits per heavy atom. The van der Waals surface area contributed by atoms with Gasteiger partial charge in [0.1, 0.15) is 23.0 Å². The Hall–Kier alpha value is -3.91. The van der Waals surface area contributed by atoms with Crippen LogP contribution in [-0.4, -0.2) is 38.0 Å². The van der Waals surface area contributed by atoms with E-state index in [2.05, 4.69) is 15.2 Å². The predicted octanol–water partition coefficient (Wildman–Crippen LogP) is 5.72. The zero-order valence-electron chi connectivity index (χ0n) is 19.1. The van der Waals surface area contributed by atoms with E-state index < -0.39 is 0 Å². The Morgan fingerprint density at radius 3 is 2.80 bits per heavy atom. The maximum absolute atomic E-state index is 14.1. The molecular weight excluding hydrogens is 469 g/mol. The van der Waals surface area contributed by atoms with Gasteiger partial charge in [-0.1, -0.05) is 17.7 Å². The first-order chi connectivity index (χ1) is 17.0. The minimum Gasteiger partial charge on any atom is -0.495 e. The lowest BCUT2D eigenvalue weighted by atomic mass is 9.98. The number of nitrogens with zero attached hydrogens (tertiary/aromatic N) is 5. The Kier molecular flexibility index (Phi) is 5.18. The van der Waals surface area contributed by atoms with Gasteiger partial charge in [-0.25, -0.2) is 9.37 Å². The van der Waals surface area contributed by atoms with E-state index in [9.17, 15) is 4.39 Å². The van der Waals surface area contributed by atoms with Crippen LogP contribution >= 0.6 is 11.6 Å². The van der Waals surface area contributed by atoms with Crippen LogP contribution in [0.1, 0.15) is 23.7 Å². The summed E-state index contributed by atoms with van der Waals surface area (Å²) in [5.74, 6) is 1.70. The quantitative estimate of drug-likeness (QED) is 0.323. The second kappa shape index (κ2) is 8.39. The molecule has 1 aromatic heterocycles. The van der Waals surface area contributed by atoms with Crippen LogP contribution in [-0.2, 0) is 0 Å². The monoisotopic (exact) mass is 489 g/mol. The number of aryl methyl sites for hydroxylation is 1. The molecule has 0 N–H and O–H groups in total. The van der Waals surface area contributed by atoms with Crippen molar-refractivity contribution in [3.05, 3.63) is 83.3 Å². The standard InChI is InChI=1S/C26H21ClFN5O2/c1-15-12-32(14-29-15)22-5-3-16(9-24(22)34-2)25-20-10-17(27)13-33(26(20)31-30-25)21-7-8-35-23-6-4-18(28)11-19(21)23/h3-6,9-14,21H,7-8H2,1-2H3. The molecule has 0 saturated carbocycles. The molecule has 0 saturated heterocycles. The van der Waals surface area contributed by atoms with E-state index in [1.165, 1.54) is 12.1 Å². The molecule has 35 heavy (non-hydrogen) atoms. The highest BCUT2D eigenvalue weighted by atomic mass is 35.5. The summed E-state index contributed by atoms with van der Waals surface area (Å²) in [6.07, 6.45) is 6.16. The fourth-order valence-corrected chi connectivity index (χ4v) is 4.90. The minimum atomic E-state index is -0.312. The van der Waals surface area contributed by atoms with Crippen molar-refractivity contribution in [2.24, 2.45) is 0 Å². The molecule has 1 unspecified atom stereocenters. The second-order valence-electron chi connectivity index (χ2n) is 8.50. The summed E-state index contributed by atoms with van der Waals surface area (Å²) in [6, 6.07) is 12.1. The first-order valence-corrected chi connectivity index (χ1v) is 11.5. The lowest BCUT2D eigenvalue weighted by molar-refractivity contribution is 0.255. The lowest BCUT2D eigenvalue weighted by Crippen LogP contribution is -2.22. The third kappa shape index (κ3) is 3.70. The van der Waals surface area contributed by atoms with Gasteiger partial charge in [-0.05, 0) is 43.3 Å². The molecule has 3 aromatic rings. The molecular formula is C26H21ClFN5O2. The molecule has 3 aliphatic rings. The van der Waals surface area contributed by atoms with Gasteiger partial charge in [0.2, 0.25) is 0 Å². The van der Waals surface area contributed by atoms with E-state index in [0.717, 1.165) is 28.1 Å². The van der Waals surface area contributed by atoms with E-state index in [-0.39, 0.29) is 11.9 Å². The number of ether oxygens (including phenoxy) is 2. The Morgan fingerprint density at radius 2 is 2.00 bits per heavy atom. The molecule has 0 fully saturated rings. The number of hydrogen-bond donors (Lipinski definition) is 0. The van der Waals surface area contributed by atoms with Gasteiger partial charge in [0.25, 0.3) is 0 Å². The molecule has 176 valence electrons. The predicted molar refractivity (Wildman–Crippen MR) is 130 cm³/mol. The highest BCUT2D eigenvalue weighted by Crippen LogP contribution is 2.41. The summed E-state index contributed by atoms with van der Waals surface area (Å²) in [5, 5.41) is 9.56. The van der Waals surface area contributed by atoms with Gasteiger partial charge in [0.05, 0.1) is 42.5 Å². The number of aromatic nitrogens is 5. The Labute approximate surface area is 206 Å². The normalized spacial score (nSPS) is 15.1. The van der Waals surface area contributed by atoms with Crippen LogP contribution in [0.5, 0.6) is 11.5 Å². The number of benzene rings is 2. The van der Waals surface area contributed by atoms with Gasteiger partial charge in [0.15, 0.2) is 5.82 Å². The molecule has 4 heterocycles. The average molecular weight is 490 g/mol. The third-order valence-corrected chi connectivity index (χ3v) is 6.50. The van der Waals surface area contributed by atoms with Crippen molar-refractivity contribution in [1.82, 2.24) is 24.3 Å². The largest absolute Gasteiger partial charge is 0.495 e. The van der Waals surface area contributed by atoms with Gasteiger partial charge in [-0.2, -0.15) is 0 Å². The highest BCUT2D eigenvalue weighted by molar-refractivity contribution is 6.30. The molecule has 0 amide bonds. The molecule has 0 radical (unpaired) electrons. The Bertz CT molecular complexity index is 1530. The van der Waals surface area contributed by atoms with Crippen LogP contribution in [0.4, 0.5) is 4.39 Å². The summed E-state index contributed by atoms with van der Waals surface area (Å²) in [4.78, 5) is 4.30. The number of rotatable bonds is 4. The van der Waals surface area contributed by atoms with Crippen LogP contribution in [0.25, 0.3) is 28.3 Å². The highest BCUT2D eigenvalue weighted by Gasteiger charge is 2.29. The van der Waals surface area contributed by atoms with Gasteiger partial charge < -0.3 is 18.6 Å². The van der Waals surface area contributed by atoms with E-state index in [1.54, 1.807) is 19.5 Å². The van der Waals surface area contributed by atoms with Crippen LogP contribution in [0.15, 0.2) is 61.2 Å². The fraction of sp³-hybridized carbons (Fsp3) is 0.192. The van der Waals surface area contributed by atoms with Gasteiger partial charge in [-0.3, -0.25) is 0 Å². The molecule has 0 bridgehead atoms. The van der Waals surface area contributed by atoms with E-state index in [4.69, 9.17) is 21.1 Å². The van der Waals surface area contributed by atoms with E-state index in [0.29, 0.717) is 41.1 Å². The summed E-state index contributed by atoms with van der Waals surface area (Å²) in [5.41, 5.74) is 4.88. The molecule has 3 aliphatic heterocycles. The van der Waals surface area contributed by atoms with Crippen LogP contribution in [0, 0.1) is 12.7 Å². The molecule has 7 nitrogen and oxygen atoms in total. The van der Waals surface area contributed by atoms with Crippen molar-refractivity contribution in [1.29, 1.82) is 0 Å². The minimum absolute atomic E-state index is 0.179. The average Bonchev–Trinajstić information content (AvgIpc) is 3.49. The molecule has 1 atom stereocenters. The summed E-state index contributed by atoms with van der Waals surface area (Å²) in [6.45, 7) is 2.45. The van der Waals surface area contributed by atoms with Crippen molar-refractivity contribution in [2.45, 2.75) is 19.4 Å². The topological polar surface area (TPSA) is 67.0 Å². The molecule has 0 aliphatic carbocycles. The van der Waals surface area contributed by atoms with Crippen LogP contribution in [0.3, 0.4) is 0 Å². The molecule has 9 heteroatoms. The van der Waals surface area contributed by atoms with Gasteiger partial charge >= 0.3 is 0 Å². The van der Waals surface area contributed by atoms with Crippen molar-refractivity contribution >= 4 is 11.6 Å². The third-order valence-electron chi connectivity index (χ3n) is 6.29. The van der Waals surface area contributed by atoms with Crippen molar-refractivity contribution in [3.63, 3.8) is 0 Å². The molecule has 2 aromatic carbocycles. The zero-order valence-corrected chi connectivity index (χ0v) is 19.8. The maximum atomic E-state index is 14.1. The smallest absolute Gasteiger partial charge is 0.165 e. The summed E-state index contributed by atoms with van der Waals surface area (Å²) < 4.78 is 29.4. The van der Waals surface area contributed by atoms with Crippen molar-refractivity contribution < 1.29 is 13.9 Å². The summed E-state index contributed by atoms with van der Waals surface area (Å²) >= 11 is 6.57. The molecule has 0 spiro atoms. The SMILES string of the molecule is COc1cc(-c2nnc3n(C4CCOc5ccc(F)cc54)cc(Cl)cc2-3)ccc1-n1cnc(C)c1. The maximum Gasteiger partial charge on any atom is 0.165 e. The number of imidazole rings is 1. The summed E-state index contributed by atoms with van der Waals surface area (Å²) in [7, 11) is 1.63. The first-order valence-electron chi connectivity index (χ1n) is 11.2. The van der Waals surface area contributed by atoms with Crippen LogP contribution in [0.2, 0.25) is 5.02 Å². The Balaban J connectivity index is 1.44. The first kappa shape index (κ1) is 21.6. The van der Waals surface area contributed by atoms with Crippen molar-refractivity contribution in [3.8, 4) is 39.8 Å². The number of fused-ring (bicyclic) bond motifs is 2. The number of pyridine rings is 1. The lowest BCUT2D eigenvalue weighted by Gasteiger charge is -2.29. The number of halogens is 2. The second-order valence-corrected chi connectivity index (χ2v) is 8.93. The molecule has 6 rings (SSSR count). The number of hydrogen-bond acceptors (Lipinski definition) is 5. The van der Waals surface area contributed by atoms with E-state index >= 15 is 0 Å². The van der Waals surface area contributed by atoms with Crippen LogP contribution < -0.4 is 9.47 Å². The number of methoxy groups -OCH3 is 1.